The fraction of sp³-hybridized carbons (Fsp3) is 0.375. The van der Waals surface area contributed by atoms with Crippen LogP contribution in [-0.4, -0.2) is 36.1 Å². The standard InChI is InChI=1S/C16H17N7O2/c24-15(11-6-3-4-8-23-14(11)20-21-22-23)17-9-13-18-12-7-2-1-5-10(12)16(25)19-13/h1-2,5,7,11H,3-4,6,8-9H2,(H,17,24)(H,18,19,25). The normalized spacial score (nSPS) is 17.0. The van der Waals surface area contributed by atoms with E-state index in [1.807, 2.05) is 6.07 Å². The molecule has 4 rings (SSSR count). The number of nitrogens with one attached hydrogen (secondary N) is 2. The van der Waals surface area contributed by atoms with E-state index in [-0.39, 0.29) is 23.9 Å². The van der Waals surface area contributed by atoms with Gasteiger partial charge in [-0.25, -0.2) is 9.67 Å². The van der Waals surface area contributed by atoms with Crippen molar-refractivity contribution in [1.29, 1.82) is 0 Å². The summed E-state index contributed by atoms with van der Waals surface area (Å²) >= 11 is 0. The molecule has 1 amide bonds. The summed E-state index contributed by atoms with van der Waals surface area (Å²) in [5, 5.41) is 15.0. The predicted molar refractivity (Wildman–Crippen MR) is 88.6 cm³/mol. The van der Waals surface area contributed by atoms with Crippen molar-refractivity contribution in [3.8, 4) is 0 Å². The van der Waals surface area contributed by atoms with Crippen molar-refractivity contribution in [2.75, 3.05) is 0 Å². The van der Waals surface area contributed by atoms with Gasteiger partial charge in [0.15, 0.2) is 5.82 Å². The number of amides is 1. The van der Waals surface area contributed by atoms with Crippen LogP contribution in [0.2, 0.25) is 0 Å². The van der Waals surface area contributed by atoms with Gasteiger partial charge in [0.1, 0.15) is 5.82 Å². The summed E-state index contributed by atoms with van der Waals surface area (Å²) in [6.45, 7) is 0.878. The highest BCUT2D eigenvalue weighted by molar-refractivity contribution is 5.82. The van der Waals surface area contributed by atoms with Gasteiger partial charge in [0, 0.05) is 6.54 Å². The lowest BCUT2D eigenvalue weighted by molar-refractivity contribution is -0.123. The van der Waals surface area contributed by atoms with Crippen molar-refractivity contribution < 1.29 is 4.79 Å². The summed E-state index contributed by atoms with van der Waals surface area (Å²) in [5.41, 5.74) is 0.391. The molecule has 0 bridgehead atoms. The van der Waals surface area contributed by atoms with Crippen LogP contribution >= 0.6 is 0 Å². The van der Waals surface area contributed by atoms with Crippen LogP contribution < -0.4 is 10.9 Å². The maximum atomic E-state index is 12.6. The third-order valence-corrected chi connectivity index (χ3v) is 4.39. The molecule has 0 fully saturated rings. The van der Waals surface area contributed by atoms with Crippen LogP contribution in [0.1, 0.15) is 36.8 Å². The average molecular weight is 339 g/mol. The van der Waals surface area contributed by atoms with E-state index in [0.717, 1.165) is 19.4 Å². The number of carbonyl (C=O) groups is 1. The molecule has 2 aromatic heterocycles. The molecule has 128 valence electrons. The molecule has 1 aromatic carbocycles. The van der Waals surface area contributed by atoms with Gasteiger partial charge in [0.05, 0.1) is 23.4 Å². The van der Waals surface area contributed by atoms with E-state index in [4.69, 9.17) is 0 Å². The molecule has 9 nitrogen and oxygen atoms in total. The van der Waals surface area contributed by atoms with Gasteiger partial charge in [-0.1, -0.05) is 18.6 Å². The predicted octanol–water partition coefficient (Wildman–Crippen LogP) is 0.493. The van der Waals surface area contributed by atoms with Gasteiger partial charge in [-0.2, -0.15) is 0 Å². The van der Waals surface area contributed by atoms with Crippen LogP contribution in [-0.2, 0) is 17.9 Å². The number of rotatable bonds is 3. The van der Waals surface area contributed by atoms with E-state index >= 15 is 0 Å². The molecule has 0 radical (unpaired) electrons. The van der Waals surface area contributed by atoms with Gasteiger partial charge in [-0.05, 0) is 35.4 Å². The monoisotopic (exact) mass is 339 g/mol. The zero-order valence-electron chi connectivity index (χ0n) is 13.5. The first-order valence-electron chi connectivity index (χ1n) is 8.24. The highest BCUT2D eigenvalue weighted by Crippen LogP contribution is 2.23. The molecule has 0 aliphatic carbocycles. The lowest BCUT2D eigenvalue weighted by atomic mass is 10.0. The number of aromatic nitrogens is 6. The van der Waals surface area contributed by atoms with Crippen LogP contribution in [0.25, 0.3) is 10.9 Å². The van der Waals surface area contributed by atoms with Gasteiger partial charge >= 0.3 is 0 Å². The summed E-state index contributed by atoms with van der Waals surface area (Å²) in [7, 11) is 0. The Balaban J connectivity index is 1.52. The van der Waals surface area contributed by atoms with Gasteiger partial charge in [0.2, 0.25) is 5.91 Å². The molecule has 1 aliphatic rings. The quantitative estimate of drug-likeness (QED) is 0.717. The Morgan fingerprint density at radius 2 is 2.20 bits per heavy atom. The second kappa shape index (κ2) is 6.42. The number of H-pyrrole nitrogens is 1. The van der Waals surface area contributed by atoms with Crippen molar-refractivity contribution in [2.45, 2.75) is 38.3 Å². The second-order valence-electron chi connectivity index (χ2n) is 6.06. The average Bonchev–Trinajstić information content (AvgIpc) is 2.99. The lowest BCUT2D eigenvalue weighted by Gasteiger charge is -2.13. The zero-order valence-corrected chi connectivity index (χ0v) is 13.5. The summed E-state index contributed by atoms with van der Waals surface area (Å²) in [5.74, 6) is 0.471. The second-order valence-corrected chi connectivity index (χ2v) is 6.06. The number of tetrazole rings is 1. The molecule has 1 atom stereocenters. The van der Waals surface area contributed by atoms with E-state index in [0.29, 0.717) is 29.0 Å². The van der Waals surface area contributed by atoms with E-state index in [9.17, 15) is 9.59 Å². The molecule has 3 heterocycles. The summed E-state index contributed by atoms with van der Waals surface area (Å²) in [6.07, 6.45) is 2.57. The number of nitrogens with zero attached hydrogens (tertiary/aromatic N) is 5. The van der Waals surface area contributed by atoms with Gasteiger partial charge in [-0.15, -0.1) is 5.10 Å². The molecule has 25 heavy (non-hydrogen) atoms. The highest BCUT2D eigenvalue weighted by atomic mass is 16.2. The van der Waals surface area contributed by atoms with Crippen molar-refractivity contribution in [3.63, 3.8) is 0 Å². The van der Waals surface area contributed by atoms with Gasteiger partial charge in [-0.3, -0.25) is 9.59 Å². The van der Waals surface area contributed by atoms with Crippen LogP contribution in [0.5, 0.6) is 0 Å². The van der Waals surface area contributed by atoms with Crippen molar-refractivity contribution >= 4 is 16.8 Å². The third kappa shape index (κ3) is 3.00. The first kappa shape index (κ1) is 15.4. The molecule has 0 spiro atoms. The Morgan fingerprint density at radius 1 is 1.32 bits per heavy atom. The first-order valence-corrected chi connectivity index (χ1v) is 8.24. The molecule has 1 unspecified atom stereocenters. The molecular weight excluding hydrogens is 322 g/mol. The minimum atomic E-state index is -0.385. The Morgan fingerprint density at radius 3 is 3.12 bits per heavy atom. The third-order valence-electron chi connectivity index (χ3n) is 4.39. The number of carbonyl (C=O) groups excluding carboxylic acids is 1. The molecular formula is C16H17N7O2. The lowest BCUT2D eigenvalue weighted by Crippen LogP contribution is -2.31. The molecule has 1 aliphatic heterocycles. The smallest absolute Gasteiger partial charge is 0.258 e. The molecule has 3 aromatic rings. The molecule has 2 N–H and O–H groups in total. The SMILES string of the molecule is O=C(NCc1nc2ccccc2c(=O)[nH]1)C1CCCCn2nnnc21. The number of hydrogen-bond donors (Lipinski definition) is 2. The van der Waals surface area contributed by atoms with Crippen LogP contribution in [0.15, 0.2) is 29.1 Å². The number of para-hydroxylation sites is 1. The van der Waals surface area contributed by atoms with Crippen molar-refractivity contribution in [1.82, 2.24) is 35.5 Å². The number of hydrogen-bond acceptors (Lipinski definition) is 6. The molecule has 0 saturated carbocycles. The van der Waals surface area contributed by atoms with E-state index in [2.05, 4.69) is 30.8 Å². The number of benzene rings is 1. The molecule has 0 saturated heterocycles. The van der Waals surface area contributed by atoms with Crippen molar-refractivity contribution in [3.05, 3.63) is 46.3 Å². The zero-order chi connectivity index (χ0) is 17.2. The van der Waals surface area contributed by atoms with Crippen molar-refractivity contribution in [2.24, 2.45) is 0 Å². The Bertz CT molecular complexity index is 978. The Kier molecular flexibility index (Phi) is 3.96. The van der Waals surface area contributed by atoms with Gasteiger partial charge < -0.3 is 10.3 Å². The number of aromatic amines is 1. The van der Waals surface area contributed by atoms with Gasteiger partial charge in [0.25, 0.3) is 5.56 Å². The largest absolute Gasteiger partial charge is 0.348 e. The maximum Gasteiger partial charge on any atom is 0.258 e. The fourth-order valence-corrected chi connectivity index (χ4v) is 3.12. The minimum absolute atomic E-state index is 0.150. The van der Waals surface area contributed by atoms with Crippen LogP contribution in [0.3, 0.4) is 0 Å². The van der Waals surface area contributed by atoms with E-state index < -0.39 is 0 Å². The summed E-state index contributed by atoms with van der Waals surface area (Å²) < 4.78 is 1.69. The molecule has 9 heteroatoms. The Hall–Kier alpha value is -3.10. The minimum Gasteiger partial charge on any atom is -0.348 e. The van der Waals surface area contributed by atoms with Crippen LogP contribution in [0.4, 0.5) is 0 Å². The maximum absolute atomic E-state index is 12.6. The number of aryl methyl sites for hydroxylation is 1. The Labute approximate surface area is 142 Å². The topological polar surface area (TPSA) is 118 Å². The first-order chi connectivity index (χ1) is 12.2. The fourth-order valence-electron chi connectivity index (χ4n) is 3.12. The van der Waals surface area contributed by atoms with E-state index in [1.165, 1.54) is 0 Å². The summed E-state index contributed by atoms with van der Waals surface area (Å²) in [4.78, 5) is 31.8. The van der Waals surface area contributed by atoms with E-state index in [1.54, 1.807) is 22.9 Å². The number of fused-ring (bicyclic) bond motifs is 2. The summed E-state index contributed by atoms with van der Waals surface area (Å²) in [6, 6.07) is 7.10. The van der Waals surface area contributed by atoms with Crippen LogP contribution in [0, 0.1) is 0 Å². The highest BCUT2D eigenvalue weighted by Gasteiger charge is 2.28.